The summed E-state index contributed by atoms with van der Waals surface area (Å²) >= 11 is 9.88. The average Bonchev–Trinajstić information content (AvgIpc) is 2.43. The molecule has 0 saturated carbocycles. The Morgan fingerprint density at radius 1 is 1.59 bits per heavy atom. The molecule has 0 aliphatic carbocycles. The standard InChI is InChI=1S/C11H16ClF3N4O2S/c1-2-21-8(20)5-18-10(22)19(16)9-7(12)3-6(4-17-9)11(13,14)15/h3-4,8,10,18,20,22H,2,5,16H2,1H3/t8-,10-/m1/s1. The van der Waals surface area contributed by atoms with E-state index >= 15 is 0 Å². The molecule has 1 aromatic rings. The number of ether oxygens (including phenoxy) is 1. The van der Waals surface area contributed by atoms with Crippen LogP contribution in [-0.2, 0) is 10.9 Å². The molecule has 0 spiro atoms. The molecule has 0 aliphatic heterocycles. The number of alkyl halides is 3. The fourth-order valence-corrected chi connectivity index (χ4v) is 1.93. The summed E-state index contributed by atoms with van der Waals surface area (Å²) < 4.78 is 42.5. The molecule has 2 atom stereocenters. The highest BCUT2D eigenvalue weighted by atomic mass is 35.5. The van der Waals surface area contributed by atoms with Crippen LogP contribution in [0.5, 0.6) is 0 Å². The topological polar surface area (TPSA) is 83.6 Å². The van der Waals surface area contributed by atoms with E-state index in [0.29, 0.717) is 12.8 Å². The molecular formula is C11H16ClF3N4O2S. The van der Waals surface area contributed by atoms with Crippen molar-refractivity contribution in [3.63, 3.8) is 0 Å². The van der Waals surface area contributed by atoms with Crippen LogP contribution in [0.1, 0.15) is 12.5 Å². The minimum atomic E-state index is -4.55. The highest BCUT2D eigenvalue weighted by Gasteiger charge is 2.32. The lowest BCUT2D eigenvalue weighted by Crippen LogP contribution is -2.49. The SMILES string of the molecule is CCO[C@@H](O)CN[C@@H](S)N(N)c1ncc(C(F)(F)F)cc1Cl. The van der Waals surface area contributed by atoms with E-state index < -0.39 is 23.5 Å². The fourth-order valence-electron chi connectivity index (χ4n) is 1.45. The van der Waals surface area contributed by atoms with Gasteiger partial charge in [-0.25, -0.2) is 10.8 Å². The summed E-state index contributed by atoms with van der Waals surface area (Å²) in [6, 6.07) is 0.722. The summed E-state index contributed by atoms with van der Waals surface area (Å²) in [5.41, 5.74) is -1.83. The second-order valence-corrected chi connectivity index (χ2v) is 5.02. The molecule has 1 heterocycles. The van der Waals surface area contributed by atoms with Crippen LogP contribution < -0.4 is 16.2 Å². The van der Waals surface area contributed by atoms with E-state index in [0.717, 1.165) is 11.1 Å². The summed E-state index contributed by atoms with van der Waals surface area (Å²) in [5.74, 6) is 5.61. The Morgan fingerprint density at radius 3 is 2.73 bits per heavy atom. The normalized spacial score (nSPS) is 14.7. The first-order chi connectivity index (χ1) is 10.2. The zero-order valence-corrected chi connectivity index (χ0v) is 13.2. The predicted octanol–water partition coefficient (Wildman–Crippen LogP) is 1.59. The lowest BCUT2D eigenvalue weighted by molar-refractivity contribution is -0.137. The molecule has 0 bridgehead atoms. The van der Waals surface area contributed by atoms with Crippen LogP contribution in [0.15, 0.2) is 12.3 Å². The lowest BCUT2D eigenvalue weighted by atomic mass is 10.3. The second-order valence-electron chi connectivity index (χ2n) is 4.13. The van der Waals surface area contributed by atoms with E-state index in [2.05, 4.69) is 22.9 Å². The highest BCUT2D eigenvalue weighted by molar-refractivity contribution is 7.81. The number of aliphatic hydroxyl groups is 1. The Bertz CT molecular complexity index is 495. The van der Waals surface area contributed by atoms with Crippen molar-refractivity contribution in [1.82, 2.24) is 10.3 Å². The quantitative estimate of drug-likeness (QED) is 0.256. The smallest absolute Gasteiger partial charge is 0.367 e. The second kappa shape index (κ2) is 8.18. The van der Waals surface area contributed by atoms with Crippen molar-refractivity contribution in [2.24, 2.45) is 5.84 Å². The van der Waals surface area contributed by atoms with Crippen LogP contribution in [0.25, 0.3) is 0 Å². The summed E-state index contributed by atoms with van der Waals surface area (Å²) in [5, 5.41) is 12.8. The van der Waals surface area contributed by atoms with Crippen LogP contribution >= 0.6 is 24.2 Å². The molecule has 1 rings (SSSR count). The van der Waals surface area contributed by atoms with Gasteiger partial charge in [-0.2, -0.15) is 13.2 Å². The van der Waals surface area contributed by atoms with Gasteiger partial charge in [0.2, 0.25) is 0 Å². The molecule has 22 heavy (non-hydrogen) atoms. The molecule has 0 radical (unpaired) electrons. The number of pyridine rings is 1. The Hall–Kier alpha value is -0.780. The zero-order chi connectivity index (χ0) is 16.9. The van der Waals surface area contributed by atoms with Crippen LogP contribution in [-0.4, -0.2) is 35.0 Å². The molecule has 6 nitrogen and oxygen atoms in total. The Morgan fingerprint density at radius 2 is 2.23 bits per heavy atom. The van der Waals surface area contributed by atoms with Gasteiger partial charge < -0.3 is 9.84 Å². The number of aromatic nitrogens is 1. The third-order valence-corrected chi connectivity index (χ3v) is 3.20. The maximum Gasteiger partial charge on any atom is 0.417 e. The molecule has 4 N–H and O–H groups in total. The monoisotopic (exact) mass is 360 g/mol. The Kier molecular flexibility index (Phi) is 7.16. The van der Waals surface area contributed by atoms with E-state index in [1.807, 2.05) is 0 Å². The van der Waals surface area contributed by atoms with Gasteiger partial charge in [0.15, 0.2) is 12.1 Å². The van der Waals surface area contributed by atoms with Crippen molar-refractivity contribution in [2.75, 3.05) is 18.2 Å². The van der Waals surface area contributed by atoms with E-state index in [1.165, 1.54) is 0 Å². The van der Waals surface area contributed by atoms with Gasteiger partial charge in [0, 0.05) is 19.3 Å². The van der Waals surface area contributed by atoms with Gasteiger partial charge in [0.05, 0.1) is 10.6 Å². The van der Waals surface area contributed by atoms with Crippen molar-refractivity contribution >= 4 is 30.0 Å². The van der Waals surface area contributed by atoms with Crippen LogP contribution in [0, 0.1) is 0 Å². The number of anilines is 1. The minimum Gasteiger partial charge on any atom is -0.367 e. The molecule has 0 aromatic carbocycles. The lowest BCUT2D eigenvalue weighted by Gasteiger charge is -2.27. The van der Waals surface area contributed by atoms with Gasteiger partial charge in [-0.05, 0) is 13.0 Å². The summed E-state index contributed by atoms with van der Waals surface area (Å²) in [4.78, 5) is 3.60. The van der Waals surface area contributed by atoms with Gasteiger partial charge >= 0.3 is 6.18 Å². The van der Waals surface area contributed by atoms with Crippen LogP contribution in [0.2, 0.25) is 5.02 Å². The van der Waals surface area contributed by atoms with Gasteiger partial charge in [0.1, 0.15) is 5.50 Å². The zero-order valence-electron chi connectivity index (χ0n) is 11.5. The number of hydrogen-bond acceptors (Lipinski definition) is 7. The first-order valence-electron chi connectivity index (χ1n) is 6.14. The predicted molar refractivity (Wildman–Crippen MR) is 79.3 cm³/mol. The van der Waals surface area contributed by atoms with Gasteiger partial charge in [-0.15, -0.1) is 12.6 Å². The third kappa shape index (κ3) is 5.45. The van der Waals surface area contributed by atoms with E-state index in [4.69, 9.17) is 22.2 Å². The number of halogens is 4. The molecule has 126 valence electrons. The van der Waals surface area contributed by atoms with Crippen molar-refractivity contribution in [2.45, 2.75) is 24.9 Å². The van der Waals surface area contributed by atoms with Gasteiger partial charge in [-0.3, -0.25) is 10.3 Å². The van der Waals surface area contributed by atoms with Crippen molar-refractivity contribution in [3.8, 4) is 0 Å². The largest absolute Gasteiger partial charge is 0.417 e. The average molecular weight is 361 g/mol. The number of rotatable bonds is 7. The Balaban J connectivity index is 2.74. The number of nitrogens with one attached hydrogen (secondary N) is 1. The summed E-state index contributed by atoms with van der Waals surface area (Å²) in [6.45, 7) is 2.04. The summed E-state index contributed by atoms with van der Waals surface area (Å²) in [7, 11) is 0. The Labute approximate surface area is 135 Å². The van der Waals surface area contributed by atoms with Crippen molar-refractivity contribution < 1.29 is 23.0 Å². The van der Waals surface area contributed by atoms with Gasteiger partial charge in [0.25, 0.3) is 0 Å². The first kappa shape index (κ1) is 19.3. The molecule has 0 saturated heterocycles. The number of hydrazine groups is 1. The minimum absolute atomic E-state index is 0.00790. The number of nitrogens with two attached hydrogens (primary N) is 1. The number of thiol groups is 1. The maximum absolute atomic E-state index is 12.5. The fraction of sp³-hybridized carbons (Fsp3) is 0.545. The van der Waals surface area contributed by atoms with E-state index in [-0.39, 0.29) is 17.4 Å². The maximum atomic E-state index is 12.5. The third-order valence-electron chi connectivity index (χ3n) is 2.49. The molecular weight excluding hydrogens is 345 g/mol. The number of aliphatic hydroxyl groups excluding tert-OH is 1. The molecule has 0 unspecified atom stereocenters. The molecule has 1 aromatic heterocycles. The number of hydrogen-bond donors (Lipinski definition) is 4. The highest BCUT2D eigenvalue weighted by Crippen LogP contribution is 2.33. The van der Waals surface area contributed by atoms with Crippen molar-refractivity contribution in [3.05, 3.63) is 22.8 Å². The molecule has 0 fully saturated rings. The summed E-state index contributed by atoms with van der Waals surface area (Å²) in [6.07, 6.45) is -4.99. The molecule has 0 amide bonds. The molecule has 0 aliphatic rings. The van der Waals surface area contributed by atoms with E-state index in [9.17, 15) is 18.3 Å². The van der Waals surface area contributed by atoms with Crippen LogP contribution in [0.3, 0.4) is 0 Å². The van der Waals surface area contributed by atoms with E-state index in [1.54, 1.807) is 6.92 Å². The number of nitrogens with zero attached hydrogens (tertiary/aromatic N) is 2. The van der Waals surface area contributed by atoms with Gasteiger partial charge in [-0.1, -0.05) is 11.6 Å². The van der Waals surface area contributed by atoms with Crippen molar-refractivity contribution in [1.29, 1.82) is 0 Å². The first-order valence-corrected chi connectivity index (χ1v) is 7.04. The molecule has 11 heteroatoms. The van der Waals surface area contributed by atoms with Crippen LogP contribution in [0.4, 0.5) is 19.0 Å².